The predicted molar refractivity (Wildman–Crippen MR) is 72.8 cm³/mol. The van der Waals surface area contributed by atoms with Crippen LogP contribution in [0, 0.1) is 0 Å². The SMILES string of the molecule is COc1cnn(CCN(C)C)c1C(=O)c1cnccn1. The van der Waals surface area contributed by atoms with Crippen LogP contribution >= 0.6 is 0 Å². The van der Waals surface area contributed by atoms with Crippen molar-refractivity contribution in [3.63, 3.8) is 0 Å². The molecule has 0 aliphatic carbocycles. The molecule has 0 atom stereocenters. The van der Waals surface area contributed by atoms with Crippen molar-refractivity contribution in [3.8, 4) is 5.75 Å². The minimum atomic E-state index is -0.244. The van der Waals surface area contributed by atoms with Gasteiger partial charge in [-0.2, -0.15) is 5.10 Å². The largest absolute Gasteiger partial charge is 0.493 e. The third kappa shape index (κ3) is 3.00. The Kier molecular flexibility index (Phi) is 4.41. The van der Waals surface area contributed by atoms with Gasteiger partial charge in [-0.05, 0) is 14.1 Å². The molecule has 2 heterocycles. The van der Waals surface area contributed by atoms with E-state index in [0.29, 0.717) is 18.0 Å². The number of ketones is 1. The number of hydrogen-bond acceptors (Lipinski definition) is 6. The molecular formula is C13H17N5O2. The molecule has 2 rings (SSSR count). The first-order chi connectivity index (χ1) is 9.63. The molecule has 0 unspecified atom stereocenters. The number of carbonyl (C=O) groups is 1. The van der Waals surface area contributed by atoms with Gasteiger partial charge in [0.25, 0.3) is 0 Å². The van der Waals surface area contributed by atoms with E-state index < -0.39 is 0 Å². The molecule has 2 aromatic rings. The number of hydrogen-bond donors (Lipinski definition) is 0. The summed E-state index contributed by atoms with van der Waals surface area (Å²) in [4.78, 5) is 22.5. The maximum Gasteiger partial charge on any atom is 0.234 e. The molecule has 7 heteroatoms. The molecule has 0 N–H and O–H groups in total. The Balaban J connectivity index is 2.33. The van der Waals surface area contributed by atoms with Gasteiger partial charge < -0.3 is 9.64 Å². The Morgan fingerprint density at radius 2 is 2.15 bits per heavy atom. The first-order valence-electron chi connectivity index (χ1n) is 6.18. The summed E-state index contributed by atoms with van der Waals surface area (Å²) in [6.07, 6.45) is 5.99. The third-order valence-corrected chi connectivity index (χ3v) is 2.80. The summed E-state index contributed by atoms with van der Waals surface area (Å²) in [5.41, 5.74) is 0.673. The van der Waals surface area contributed by atoms with Crippen molar-refractivity contribution in [1.82, 2.24) is 24.6 Å². The van der Waals surface area contributed by atoms with Gasteiger partial charge in [0.15, 0.2) is 11.4 Å². The molecule has 20 heavy (non-hydrogen) atoms. The van der Waals surface area contributed by atoms with E-state index >= 15 is 0 Å². The highest BCUT2D eigenvalue weighted by molar-refractivity contribution is 6.08. The van der Waals surface area contributed by atoms with Crippen molar-refractivity contribution in [2.75, 3.05) is 27.7 Å². The number of ether oxygens (including phenoxy) is 1. The zero-order valence-corrected chi connectivity index (χ0v) is 11.8. The smallest absolute Gasteiger partial charge is 0.234 e. The van der Waals surface area contributed by atoms with Crippen LogP contribution in [0.25, 0.3) is 0 Å². The number of methoxy groups -OCH3 is 1. The Morgan fingerprint density at radius 3 is 2.75 bits per heavy atom. The standard InChI is InChI=1S/C13H17N5O2/c1-17(2)6-7-18-12(11(20-3)9-16-18)13(19)10-8-14-4-5-15-10/h4-5,8-9H,6-7H2,1-3H3. The van der Waals surface area contributed by atoms with Crippen molar-refractivity contribution in [2.24, 2.45) is 0 Å². The minimum absolute atomic E-state index is 0.244. The topological polar surface area (TPSA) is 73.1 Å². The van der Waals surface area contributed by atoms with Gasteiger partial charge in [0.2, 0.25) is 5.78 Å². The van der Waals surface area contributed by atoms with Gasteiger partial charge in [-0.1, -0.05) is 0 Å². The van der Waals surface area contributed by atoms with E-state index in [1.165, 1.54) is 25.7 Å². The minimum Gasteiger partial charge on any atom is -0.493 e. The number of likely N-dealkylation sites (N-methyl/N-ethyl adjacent to an activating group) is 1. The van der Waals surface area contributed by atoms with Crippen molar-refractivity contribution in [1.29, 1.82) is 0 Å². The lowest BCUT2D eigenvalue weighted by Crippen LogP contribution is -2.22. The third-order valence-electron chi connectivity index (χ3n) is 2.80. The lowest BCUT2D eigenvalue weighted by molar-refractivity contribution is 0.102. The van der Waals surface area contributed by atoms with Crippen molar-refractivity contribution >= 4 is 5.78 Å². The zero-order valence-electron chi connectivity index (χ0n) is 11.8. The van der Waals surface area contributed by atoms with Gasteiger partial charge in [0.1, 0.15) is 5.69 Å². The number of carbonyl (C=O) groups excluding carboxylic acids is 1. The van der Waals surface area contributed by atoms with Gasteiger partial charge in [-0.25, -0.2) is 4.98 Å². The maximum absolute atomic E-state index is 12.5. The summed E-state index contributed by atoms with van der Waals surface area (Å²) in [5, 5.41) is 4.20. The fourth-order valence-electron chi connectivity index (χ4n) is 1.75. The average Bonchev–Trinajstić information content (AvgIpc) is 2.88. The Morgan fingerprint density at radius 1 is 1.35 bits per heavy atom. The fourth-order valence-corrected chi connectivity index (χ4v) is 1.75. The van der Waals surface area contributed by atoms with Crippen LogP contribution in [0.15, 0.2) is 24.8 Å². The molecule has 0 aliphatic heterocycles. The van der Waals surface area contributed by atoms with Gasteiger partial charge >= 0.3 is 0 Å². The van der Waals surface area contributed by atoms with E-state index in [0.717, 1.165) is 6.54 Å². The van der Waals surface area contributed by atoms with E-state index in [1.54, 1.807) is 10.9 Å². The predicted octanol–water partition coefficient (Wildman–Crippen LogP) is 0.474. The van der Waals surface area contributed by atoms with E-state index in [-0.39, 0.29) is 11.5 Å². The van der Waals surface area contributed by atoms with Crippen LogP contribution in [0.2, 0.25) is 0 Å². The lowest BCUT2D eigenvalue weighted by Gasteiger charge is -2.11. The molecule has 0 spiro atoms. The molecule has 0 bridgehead atoms. The highest BCUT2D eigenvalue weighted by Crippen LogP contribution is 2.20. The molecule has 0 aromatic carbocycles. The van der Waals surface area contributed by atoms with Gasteiger partial charge in [-0.15, -0.1) is 0 Å². The molecule has 0 amide bonds. The molecule has 106 valence electrons. The normalized spacial score (nSPS) is 10.8. The molecule has 0 radical (unpaired) electrons. The van der Waals surface area contributed by atoms with Crippen LogP contribution in [0.1, 0.15) is 16.2 Å². The quantitative estimate of drug-likeness (QED) is 0.714. The number of rotatable bonds is 6. The fraction of sp³-hybridized carbons (Fsp3) is 0.385. The molecule has 0 saturated carbocycles. The molecule has 2 aromatic heterocycles. The van der Waals surface area contributed by atoms with Crippen LogP contribution < -0.4 is 4.74 Å². The van der Waals surface area contributed by atoms with Crippen LogP contribution in [-0.4, -0.2) is 58.2 Å². The molecule has 0 aliphatic rings. The van der Waals surface area contributed by atoms with E-state index in [2.05, 4.69) is 15.1 Å². The first-order valence-corrected chi connectivity index (χ1v) is 6.18. The lowest BCUT2D eigenvalue weighted by atomic mass is 10.2. The van der Waals surface area contributed by atoms with E-state index in [9.17, 15) is 4.79 Å². The molecule has 0 fully saturated rings. The summed E-state index contributed by atoms with van der Waals surface area (Å²) >= 11 is 0. The second-order valence-electron chi connectivity index (χ2n) is 4.51. The monoisotopic (exact) mass is 275 g/mol. The van der Waals surface area contributed by atoms with Crippen molar-refractivity contribution in [3.05, 3.63) is 36.2 Å². The molecule has 0 saturated heterocycles. The Labute approximate surface area is 117 Å². The average molecular weight is 275 g/mol. The summed E-state index contributed by atoms with van der Waals surface area (Å²) in [6.45, 7) is 1.36. The maximum atomic E-state index is 12.5. The van der Waals surface area contributed by atoms with Gasteiger partial charge in [0, 0.05) is 18.9 Å². The molecular weight excluding hydrogens is 258 g/mol. The second-order valence-corrected chi connectivity index (χ2v) is 4.51. The van der Waals surface area contributed by atoms with Crippen LogP contribution in [0.3, 0.4) is 0 Å². The molecule has 7 nitrogen and oxygen atoms in total. The Hall–Kier alpha value is -2.28. The van der Waals surface area contributed by atoms with Crippen molar-refractivity contribution in [2.45, 2.75) is 6.54 Å². The highest BCUT2D eigenvalue weighted by Gasteiger charge is 2.22. The van der Waals surface area contributed by atoms with E-state index in [1.807, 2.05) is 19.0 Å². The van der Waals surface area contributed by atoms with Crippen LogP contribution in [0.4, 0.5) is 0 Å². The van der Waals surface area contributed by atoms with E-state index in [4.69, 9.17) is 4.74 Å². The van der Waals surface area contributed by atoms with Gasteiger partial charge in [0.05, 0.1) is 26.0 Å². The summed E-state index contributed by atoms with van der Waals surface area (Å²) in [6, 6.07) is 0. The van der Waals surface area contributed by atoms with Crippen LogP contribution in [-0.2, 0) is 6.54 Å². The number of aromatic nitrogens is 4. The van der Waals surface area contributed by atoms with Crippen LogP contribution in [0.5, 0.6) is 5.75 Å². The van der Waals surface area contributed by atoms with Gasteiger partial charge in [-0.3, -0.25) is 14.5 Å². The first kappa shape index (κ1) is 14.1. The summed E-state index contributed by atoms with van der Waals surface area (Å²) < 4.78 is 6.84. The zero-order chi connectivity index (χ0) is 14.5. The summed E-state index contributed by atoms with van der Waals surface area (Å²) in [7, 11) is 5.44. The highest BCUT2D eigenvalue weighted by atomic mass is 16.5. The summed E-state index contributed by atoms with van der Waals surface area (Å²) in [5.74, 6) is 0.200. The van der Waals surface area contributed by atoms with Crippen molar-refractivity contribution < 1.29 is 9.53 Å². The Bertz CT molecular complexity index is 580. The number of nitrogens with zero attached hydrogens (tertiary/aromatic N) is 5. The second kappa shape index (κ2) is 6.25.